The van der Waals surface area contributed by atoms with Gasteiger partial charge in [0.2, 0.25) is 5.79 Å². The molecule has 2 saturated carbocycles. The van der Waals surface area contributed by atoms with E-state index in [1.54, 1.807) is 33.8 Å². The van der Waals surface area contributed by atoms with Crippen molar-refractivity contribution in [3.8, 4) is 0 Å². The van der Waals surface area contributed by atoms with Crippen LogP contribution in [0, 0.1) is 52.3 Å². The fourth-order valence-electron chi connectivity index (χ4n) is 10.8. The van der Waals surface area contributed by atoms with Crippen LogP contribution in [0.5, 0.6) is 0 Å². The number of carbonyl (C=O) groups is 4. The molecule has 12 heteroatoms. The third kappa shape index (κ3) is 4.64. The molecule has 14 unspecified atom stereocenters. The lowest BCUT2D eigenvalue weighted by atomic mass is 9.38. The average molecular weight is 689 g/mol. The van der Waals surface area contributed by atoms with Gasteiger partial charge < -0.3 is 38.3 Å². The Morgan fingerprint density at radius 1 is 1.00 bits per heavy atom. The fraction of sp³-hybridized carbons (Fsp3) is 0.784. The van der Waals surface area contributed by atoms with Crippen LogP contribution >= 0.6 is 0 Å². The largest absolute Gasteiger partial charge is 0.472 e. The molecule has 3 aliphatic heterocycles. The van der Waals surface area contributed by atoms with Gasteiger partial charge in [0.15, 0.2) is 11.7 Å². The number of furan rings is 1. The van der Waals surface area contributed by atoms with Crippen LogP contribution in [0.3, 0.4) is 0 Å². The van der Waals surface area contributed by atoms with Crippen molar-refractivity contribution in [1.82, 2.24) is 0 Å². The topological polar surface area (TPSA) is 168 Å². The van der Waals surface area contributed by atoms with Gasteiger partial charge in [-0.25, -0.2) is 0 Å². The molecule has 2 N–H and O–H groups in total. The first kappa shape index (κ1) is 35.9. The molecule has 14 atom stereocenters. The van der Waals surface area contributed by atoms with Crippen LogP contribution in [0.4, 0.5) is 0 Å². The molecule has 49 heavy (non-hydrogen) atoms. The number of hydrogen-bond acceptors (Lipinski definition) is 12. The molecule has 0 radical (unpaired) electrons. The molecule has 3 saturated heterocycles. The van der Waals surface area contributed by atoms with Crippen LogP contribution in [-0.2, 0) is 42.9 Å². The van der Waals surface area contributed by atoms with E-state index >= 15 is 0 Å². The zero-order valence-corrected chi connectivity index (χ0v) is 30.0. The van der Waals surface area contributed by atoms with Gasteiger partial charge in [0.1, 0.15) is 17.8 Å². The zero-order valence-electron chi connectivity index (χ0n) is 30.0. The summed E-state index contributed by atoms with van der Waals surface area (Å²) in [5.74, 6) is -9.06. The number of ether oxygens (including phenoxy) is 5. The molecule has 5 aliphatic rings. The van der Waals surface area contributed by atoms with Crippen molar-refractivity contribution in [2.45, 2.75) is 123 Å². The Labute approximate surface area is 287 Å². The van der Waals surface area contributed by atoms with Gasteiger partial charge in [-0.15, -0.1) is 0 Å². The van der Waals surface area contributed by atoms with Crippen molar-refractivity contribution in [2.75, 3.05) is 7.11 Å². The Balaban J connectivity index is 1.63. The van der Waals surface area contributed by atoms with Gasteiger partial charge in [0, 0.05) is 40.6 Å². The molecule has 4 heterocycles. The number of cyclic esters (lactones) is 1. The highest BCUT2D eigenvalue weighted by atomic mass is 16.7. The van der Waals surface area contributed by atoms with Crippen LogP contribution in [-0.4, -0.2) is 70.4 Å². The van der Waals surface area contributed by atoms with Crippen LogP contribution in [0.1, 0.15) is 99.2 Å². The van der Waals surface area contributed by atoms with E-state index in [9.17, 15) is 29.4 Å². The third-order valence-electron chi connectivity index (χ3n) is 13.4. The van der Waals surface area contributed by atoms with Gasteiger partial charge >= 0.3 is 23.9 Å². The lowest BCUT2D eigenvalue weighted by Crippen LogP contribution is -2.83. The molecule has 6 rings (SSSR count). The minimum Gasteiger partial charge on any atom is -0.472 e. The van der Waals surface area contributed by atoms with Crippen LogP contribution in [0.25, 0.3) is 0 Å². The van der Waals surface area contributed by atoms with Gasteiger partial charge in [-0.3, -0.25) is 19.2 Å². The maximum Gasteiger partial charge on any atom is 0.309 e. The first-order valence-electron chi connectivity index (χ1n) is 17.7. The summed E-state index contributed by atoms with van der Waals surface area (Å²) >= 11 is 0. The lowest BCUT2D eigenvalue weighted by Gasteiger charge is -2.67. The first-order valence-corrected chi connectivity index (χ1v) is 17.7. The van der Waals surface area contributed by atoms with Crippen molar-refractivity contribution in [3.05, 3.63) is 24.2 Å². The Hall–Kier alpha value is -2.96. The van der Waals surface area contributed by atoms with E-state index in [0.717, 1.165) is 0 Å². The second-order valence-electron chi connectivity index (χ2n) is 16.4. The van der Waals surface area contributed by atoms with Crippen molar-refractivity contribution >= 4 is 23.9 Å². The maximum absolute atomic E-state index is 13.9. The summed E-state index contributed by atoms with van der Waals surface area (Å²) in [4.78, 5) is 54.2. The predicted octanol–water partition coefficient (Wildman–Crippen LogP) is 4.50. The Kier molecular flexibility index (Phi) is 8.63. The third-order valence-corrected chi connectivity index (χ3v) is 13.4. The molecule has 1 aromatic heterocycles. The number of hydrogen-bond donors (Lipinski definition) is 2. The predicted molar refractivity (Wildman–Crippen MR) is 171 cm³/mol. The number of esters is 4. The smallest absolute Gasteiger partial charge is 0.309 e. The SMILES string of the molecule is CCC(C)C(=O)OC1C(C)(C)C(CC(=O)OC)C2C3C(C)CC4(C)C(c5ccoc5)OC(=O)CC4C34OC2(O)C1(O)C4OC(=O)C(C)CC. The summed E-state index contributed by atoms with van der Waals surface area (Å²) in [7, 11) is 1.28. The van der Waals surface area contributed by atoms with E-state index in [2.05, 4.69) is 0 Å². The summed E-state index contributed by atoms with van der Waals surface area (Å²) < 4.78 is 36.2. The first-order chi connectivity index (χ1) is 22.9. The summed E-state index contributed by atoms with van der Waals surface area (Å²) in [6, 6.07) is 1.74. The summed E-state index contributed by atoms with van der Waals surface area (Å²) in [5.41, 5.74) is -5.48. The number of fused-ring (bicyclic) bond motifs is 2. The second kappa shape index (κ2) is 11.8. The van der Waals surface area contributed by atoms with Gasteiger partial charge in [-0.1, -0.05) is 55.4 Å². The van der Waals surface area contributed by atoms with Gasteiger partial charge in [0.05, 0.1) is 37.9 Å². The highest BCUT2D eigenvalue weighted by Crippen LogP contribution is 2.79. The number of rotatable bonds is 9. The fourth-order valence-corrected chi connectivity index (χ4v) is 10.8. The summed E-state index contributed by atoms with van der Waals surface area (Å²) in [6.45, 7) is 14.7. The number of carbonyl (C=O) groups excluding carboxylic acids is 4. The standard InChI is InChI=1S/C37H52O12/c1-10-18(3)29(40)47-31-33(6,7)22(14-24(38)44-9)27-26-20(5)16-34(8)23(15-25(39)46-28(34)21-12-13-45-17-21)35(26)32(48-30(41)19(4)11-2)36(31,42)37(27,43)49-35/h12-13,17-20,22-23,26-28,31-32,42-43H,10-11,14-16H2,1-9H3. The van der Waals surface area contributed by atoms with Crippen LogP contribution in [0.15, 0.2) is 23.0 Å². The Bertz CT molecular complexity index is 1490. The molecular formula is C37H52O12. The van der Waals surface area contributed by atoms with Crippen molar-refractivity contribution in [3.63, 3.8) is 0 Å². The quantitative estimate of drug-likeness (QED) is 0.276. The molecule has 272 valence electrons. The van der Waals surface area contributed by atoms with Crippen LogP contribution < -0.4 is 0 Å². The second-order valence-corrected chi connectivity index (χ2v) is 16.4. The number of methoxy groups -OCH3 is 1. The lowest BCUT2D eigenvalue weighted by molar-refractivity contribution is -0.360. The van der Waals surface area contributed by atoms with E-state index in [0.29, 0.717) is 24.8 Å². The monoisotopic (exact) mass is 688 g/mol. The van der Waals surface area contributed by atoms with E-state index in [-0.39, 0.29) is 18.8 Å². The Morgan fingerprint density at radius 2 is 1.61 bits per heavy atom. The van der Waals surface area contributed by atoms with E-state index in [4.69, 9.17) is 28.1 Å². The highest BCUT2D eigenvalue weighted by molar-refractivity contribution is 5.75. The molecule has 2 aliphatic carbocycles. The molecule has 1 spiro atoms. The Morgan fingerprint density at radius 3 is 2.16 bits per heavy atom. The van der Waals surface area contributed by atoms with Gasteiger partial charge in [-0.2, -0.15) is 0 Å². The molecular weight excluding hydrogens is 636 g/mol. The molecule has 0 aromatic carbocycles. The summed E-state index contributed by atoms with van der Waals surface area (Å²) in [5, 5.41) is 26.5. The van der Waals surface area contributed by atoms with Crippen LogP contribution in [0.2, 0.25) is 0 Å². The zero-order chi connectivity index (χ0) is 36.1. The molecule has 1 aromatic rings. The summed E-state index contributed by atoms with van der Waals surface area (Å²) in [6.07, 6.45) is 0.331. The van der Waals surface area contributed by atoms with E-state index < -0.39 is 106 Å². The van der Waals surface area contributed by atoms with E-state index in [1.165, 1.54) is 19.6 Å². The highest BCUT2D eigenvalue weighted by Gasteiger charge is 2.94. The van der Waals surface area contributed by atoms with Crippen molar-refractivity contribution in [1.29, 1.82) is 0 Å². The van der Waals surface area contributed by atoms with Gasteiger partial charge in [-0.05, 0) is 37.2 Å². The average Bonchev–Trinajstić information content (AvgIpc) is 3.73. The normalized spacial score (nSPS) is 44.2. The minimum absolute atomic E-state index is 0.146. The van der Waals surface area contributed by atoms with Crippen molar-refractivity contribution in [2.24, 2.45) is 52.3 Å². The van der Waals surface area contributed by atoms with Crippen molar-refractivity contribution < 1.29 is 57.5 Å². The molecule has 5 fully saturated rings. The molecule has 0 amide bonds. The van der Waals surface area contributed by atoms with E-state index in [1.807, 2.05) is 27.7 Å². The minimum atomic E-state index is -2.49. The van der Waals surface area contributed by atoms with Gasteiger partial charge in [0.25, 0.3) is 0 Å². The molecule has 2 bridgehead atoms. The number of aliphatic hydroxyl groups is 2. The maximum atomic E-state index is 13.9. The molecule has 12 nitrogen and oxygen atoms in total.